The third kappa shape index (κ3) is 3.08. The number of rotatable bonds is 4. The van der Waals surface area contributed by atoms with Crippen molar-refractivity contribution in [2.75, 3.05) is 12.3 Å². The third-order valence-corrected chi connectivity index (χ3v) is 3.55. The number of anilines is 1. The van der Waals surface area contributed by atoms with Gasteiger partial charge in [0.05, 0.1) is 6.61 Å². The Morgan fingerprint density at radius 3 is 2.37 bits per heavy atom. The summed E-state index contributed by atoms with van der Waals surface area (Å²) < 4.78 is 5.95. The molecular weight excluding hydrogens is 234 g/mol. The maximum Gasteiger partial charge on any atom is 0.125 e. The molecule has 0 aliphatic heterocycles. The van der Waals surface area contributed by atoms with Crippen LogP contribution in [0, 0.1) is 20.8 Å². The average Bonchev–Trinajstić information content (AvgIpc) is 2.40. The Balaban J connectivity index is 2.04. The molecule has 0 aliphatic rings. The van der Waals surface area contributed by atoms with Crippen molar-refractivity contribution in [3.8, 4) is 5.75 Å². The first-order valence-electron chi connectivity index (χ1n) is 6.62. The Bertz CT molecular complexity index is 575. The highest BCUT2D eigenvalue weighted by Gasteiger charge is 2.06. The Hall–Kier alpha value is -1.96. The van der Waals surface area contributed by atoms with Crippen molar-refractivity contribution < 1.29 is 4.74 Å². The average molecular weight is 255 g/mol. The molecule has 2 nitrogen and oxygen atoms in total. The Labute approximate surface area is 115 Å². The largest absolute Gasteiger partial charge is 0.493 e. The monoisotopic (exact) mass is 255 g/mol. The van der Waals surface area contributed by atoms with Crippen molar-refractivity contribution >= 4 is 5.69 Å². The molecule has 0 aliphatic carbocycles. The van der Waals surface area contributed by atoms with Gasteiger partial charge >= 0.3 is 0 Å². The van der Waals surface area contributed by atoms with Gasteiger partial charge in [-0.2, -0.15) is 0 Å². The van der Waals surface area contributed by atoms with E-state index in [0.29, 0.717) is 6.61 Å². The van der Waals surface area contributed by atoms with Crippen LogP contribution in [0.25, 0.3) is 0 Å². The van der Waals surface area contributed by atoms with Crippen LogP contribution in [0.3, 0.4) is 0 Å². The standard InChI is InChI=1S/C17H21NO/c1-12-8-9-13(2)17(14(12)3)19-11-10-15-6-4-5-7-16(15)18/h4-9H,10-11,18H2,1-3H3. The van der Waals surface area contributed by atoms with Gasteiger partial charge in [-0.25, -0.2) is 0 Å². The molecule has 0 heterocycles. The van der Waals surface area contributed by atoms with Gasteiger partial charge in [0.15, 0.2) is 0 Å². The summed E-state index contributed by atoms with van der Waals surface area (Å²) in [6.45, 7) is 6.95. The molecule has 0 radical (unpaired) electrons. The first-order chi connectivity index (χ1) is 9.09. The fourth-order valence-electron chi connectivity index (χ4n) is 2.17. The number of hydrogen-bond donors (Lipinski definition) is 1. The Kier molecular flexibility index (Phi) is 4.10. The van der Waals surface area contributed by atoms with Crippen LogP contribution in [0.1, 0.15) is 22.3 Å². The number of nitrogens with two attached hydrogens (primary N) is 1. The highest BCUT2D eigenvalue weighted by molar-refractivity contribution is 5.47. The lowest BCUT2D eigenvalue weighted by molar-refractivity contribution is 0.317. The minimum atomic E-state index is 0.652. The van der Waals surface area contributed by atoms with Crippen molar-refractivity contribution in [2.45, 2.75) is 27.2 Å². The van der Waals surface area contributed by atoms with Crippen LogP contribution in [0.4, 0.5) is 5.69 Å². The maximum absolute atomic E-state index is 5.95. The lowest BCUT2D eigenvalue weighted by Crippen LogP contribution is -2.06. The molecule has 2 aromatic carbocycles. The fraction of sp³-hybridized carbons (Fsp3) is 0.294. The van der Waals surface area contributed by atoms with Gasteiger partial charge in [-0.05, 0) is 49.1 Å². The molecule has 0 saturated heterocycles. The number of para-hydroxylation sites is 1. The van der Waals surface area contributed by atoms with Gasteiger partial charge in [0.1, 0.15) is 5.75 Å². The topological polar surface area (TPSA) is 35.2 Å². The van der Waals surface area contributed by atoms with Crippen molar-refractivity contribution in [3.63, 3.8) is 0 Å². The molecule has 2 N–H and O–H groups in total. The van der Waals surface area contributed by atoms with Crippen LogP contribution in [-0.2, 0) is 6.42 Å². The van der Waals surface area contributed by atoms with E-state index in [9.17, 15) is 0 Å². The summed E-state index contributed by atoms with van der Waals surface area (Å²) in [5, 5.41) is 0. The molecule has 0 bridgehead atoms. The zero-order chi connectivity index (χ0) is 13.8. The highest BCUT2D eigenvalue weighted by atomic mass is 16.5. The highest BCUT2D eigenvalue weighted by Crippen LogP contribution is 2.26. The number of benzene rings is 2. The van der Waals surface area contributed by atoms with Gasteiger partial charge in [-0.1, -0.05) is 30.3 Å². The SMILES string of the molecule is Cc1ccc(C)c(OCCc2ccccc2N)c1C. The van der Waals surface area contributed by atoms with Gasteiger partial charge in [-0.3, -0.25) is 0 Å². The molecule has 0 aromatic heterocycles. The summed E-state index contributed by atoms with van der Waals surface area (Å²) in [4.78, 5) is 0. The van der Waals surface area contributed by atoms with Crippen LogP contribution < -0.4 is 10.5 Å². The van der Waals surface area contributed by atoms with E-state index in [1.807, 2.05) is 18.2 Å². The predicted octanol–water partition coefficient (Wildman–Crippen LogP) is 3.82. The zero-order valence-corrected chi connectivity index (χ0v) is 11.9. The molecule has 0 amide bonds. The third-order valence-electron chi connectivity index (χ3n) is 3.55. The number of hydrogen-bond acceptors (Lipinski definition) is 2. The van der Waals surface area contributed by atoms with Crippen molar-refractivity contribution in [1.29, 1.82) is 0 Å². The van der Waals surface area contributed by atoms with E-state index in [1.165, 1.54) is 16.7 Å². The van der Waals surface area contributed by atoms with Gasteiger partial charge in [0, 0.05) is 12.1 Å². The van der Waals surface area contributed by atoms with Crippen LogP contribution >= 0.6 is 0 Å². The molecule has 0 saturated carbocycles. The molecule has 0 spiro atoms. The molecule has 2 aromatic rings. The predicted molar refractivity (Wildman–Crippen MR) is 80.7 cm³/mol. The Morgan fingerprint density at radius 1 is 0.947 bits per heavy atom. The molecule has 19 heavy (non-hydrogen) atoms. The zero-order valence-electron chi connectivity index (χ0n) is 11.9. The molecule has 0 atom stereocenters. The van der Waals surface area contributed by atoms with E-state index < -0.39 is 0 Å². The lowest BCUT2D eigenvalue weighted by Gasteiger charge is -2.14. The van der Waals surface area contributed by atoms with Crippen molar-refractivity contribution in [1.82, 2.24) is 0 Å². The second kappa shape index (κ2) is 5.79. The maximum atomic E-state index is 5.95. The van der Waals surface area contributed by atoms with E-state index in [4.69, 9.17) is 10.5 Å². The lowest BCUT2D eigenvalue weighted by atomic mass is 10.1. The summed E-state index contributed by atoms with van der Waals surface area (Å²) in [7, 11) is 0. The van der Waals surface area contributed by atoms with E-state index in [2.05, 4.69) is 39.0 Å². The van der Waals surface area contributed by atoms with Crippen LogP contribution in [0.5, 0.6) is 5.75 Å². The molecule has 0 unspecified atom stereocenters. The molecule has 0 fully saturated rings. The fourth-order valence-corrected chi connectivity index (χ4v) is 2.17. The second-order valence-corrected chi connectivity index (χ2v) is 4.95. The second-order valence-electron chi connectivity index (χ2n) is 4.95. The summed E-state index contributed by atoms with van der Waals surface area (Å²) in [5.74, 6) is 1.01. The van der Waals surface area contributed by atoms with Crippen LogP contribution in [-0.4, -0.2) is 6.61 Å². The van der Waals surface area contributed by atoms with Gasteiger partial charge in [0.2, 0.25) is 0 Å². The molecule has 100 valence electrons. The van der Waals surface area contributed by atoms with Gasteiger partial charge < -0.3 is 10.5 Å². The first kappa shape index (κ1) is 13.5. The quantitative estimate of drug-likeness (QED) is 0.843. The normalized spacial score (nSPS) is 10.5. The number of nitrogen functional groups attached to an aromatic ring is 1. The van der Waals surface area contributed by atoms with E-state index in [0.717, 1.165) is 23.4 Å². The summed E-state index contributed by atoms with van der Waals surface area (Å²) in [6.07, 6.45) is 0.833. The molecule has 2 rings (SSSR count). The van der Waals surface area contributed by atoms with Crippen molar-refractivity contribution in [2.24, 2.45) is 0 Å². The smallest absolute Gasteiger partial charge is 0.125 e. The van der Waals surface area contributed by atoms with Crippen LogP contribution in [0.15, 0.2) is 36.4 Å². The number of ether oxygens (including phenoxy) is 1. The van der Waals surface area contributed by atoms with E-state index in [1.54, 1.807) is 0 Å². The van der Waals surface area contributed by atoms with Gasteiger partial charge in [0.25, 0.3) is 0 Å². The summed E-state index contributed by atoms with van der Waals surface area (Å²) in [5.41, 5.74) is 11.6. The Morgan fingerprint density at radius 2 is 1.63 bits per heavy atom. The first-order valence-corrected chi connectivity index (χ1v) is 6.62. The number of aryl methyl sites for hydroxylation is 2. The van der Waals surface area contributed by atoms with E-state index in [-0.39, 0.29) is 0 Å². The van der Waals surface area contributed by atoms with Gasteiger partial charge in [-0.15, -0.1) is 0 Å². The minimum absolute atomic E-state index is 0.652. The molecule has 2 heteroatoms. The van der Waals surface area contributed by atoms with E-state index >= 15 is 0 Å². The molecular formula is C17H21NO. The summed E-state index contributed by atoms with van der Waals surface area (Å²) >= 11 is 0. The van der Waals surface area contributed by atoms with Crippen LogP contribution in [0.2, 0.25) is 0 Å². The van der Waals surface area contributed by atoms with Crippen molar-refractivity contribution in [3.05, 3.63) is 58.7 Å². The minimum Gasteiger partial charge on any atom is -0.493 e. The summed E-state index contributed by atoms with van der Waals surface area (Å²) in [6, 6.07) is 12.2.